The summed E-state index contributed by atoms with van der Waals surface area (Å²) in [6, 6.07) is 0. The Morgan fingerprint density at radius 2 is 1.25 bits per heavy atom. The van der Waals surface area contributed by atoms with Crippen LogP contribution < -0.4 is 0 Å². The van der Waals surface area contributed by atoms with Crippen LogP contribution in [0.3, 0.4) is 0 Å². The van der Waals surface area contributed by atoms with Crippen molar-refractivity contribution in [2.24, 2.45) is 0 Å². The third-order valence-electron chi connectivity index (χ3n) is 3.78. The summed E-state index contributed by atoms with van der Waals surface area (Å²) >= 11 is 0. The minimum absolute atomic E-state index is 0.119. The molecule has 0 atom stereocenters. The van der Waals surface area contributed by atoms with Gasteiger partial charge in [0, 0.05) is 6.42 Å². The predicted molar refractivity (Wildman–Crippen MR) is 85.5 cm³/mol. The molecule has 4 nitrogen and oxygen atoms in total. The summed E-state index contributed by atoms with van der Waals surface area (Å²) in [6.07, 6.45) is 11.0. The Kier molecular flexibility index (Phi) is 10.5. The largest absolute Gasteiger partial charge is 0.328 e. The molecule has 0 aliphatic heterocycles. The van der Waals surface area contributed by atoms with Crippen LogP contribution in [0.1, 0.15) is 64.7 Å². The molecular formula is C15H34NO3S+. The molecule has 0 spiro atoms. The maximum Gasteiger partial charge on any atom is 0.265 e. The third kappa shape index (κ3) is 14.3. The summed E-state index contributed by atoms with van der Waals surface area (Å²) in [7, 11) is 0.464. The normalized spacial score (nSPS) is 12.8. The lowest BCUT2D eigenvalue weighted by molar-refractivity contribution is -0.890. The molecule has 0 saturated carbocycles. The molecule has 0 aliphatic carbocycles. The van der Waals surface area contributed by atoms with E-state index in [1.54, 1.807) is 0 Å². The van der Waals surface area contributed by atoms with Gasteiger partial charge in [-0.3, -0.25) is 4.55 Å². The molecule has 0 aromatic rings. The molecule has 122 valence electrons. The van der Waals surface area contributed by atoms with Crippen LogP contribution in [0.5, 0.6) is 0 Å². The fourth-order valence-electron chi connectivity index (χ4n) is 2.46. The molecule has 0 amide bonds. The molecule has 0 aromatic carbocycles. The van der Waals surface area contributed by atoms with E-state index in [4.69, 9.17) is 4.55 Å². The van der Waals surface area contributed by atoms with Gasteiger partial charge < -0.3 is 4.48 Å². The van der Waals surface area contributed by atoms with Crippen molar-refractivity contribution < 1.29 is 17.5 Å². The zero-order chi connectivity index (χ0) is 15.5. The molecule has 0 bridgehead atoms. The number of hydrogen-bond acceptors (Lipinski definition) is 2. The van der Waals surface area contributed by atoms with E-state index >= 15 is 0 Å². The third-order valence-corrected chi connectivity index (χ3v) is 4.59. The molecule has 20 heavy (non-hydrogen) atoms. The second-order valence-corrected chi connectivity index (χ2v) is 8.07. The van der Waals surface area contributed by atoms with Crippen molar-refractivity contribution in [2.75, 3.05) is 32.9 Å². The number of quaternary nitrogens is 1. The average Bonchev–Trinajstić information content (AvgIpc) is 2.30. The second-order valence-electron chi connectivity index (χ2n) is 6.50. The predicted octanol–water partition coefficient (Wildman–Crippen LogP) is 3.48. The molecule has 0 heterocycles. The van der Waals surface area contributed by atoms with Crippen LogP contribution in [-0.4, -0.2) is 50.4 Å². The van der Waals surface area contributed by atoms with Crippen LogP contribution >= 0.6 is 0 Å². The fraction of sp³-hybridized carbons (Fsp3) is 1.00. The standard InChI is InChI=1S/C15H33NO3S/c1-4-5-6-7-8-9-10-11-13-16(2,3)14-12-15-20(17,18)19/h4-15H2,1-3H3/p+1. The Balaban J connectivity index is 3.52. The van der Waals surface area contributed by atoms with Crippen LogP contribution in [0.4, 0.5) is 0 Å². The summed E-state index contributed by atoms with van der Waals surface area (Å²) in [4.78, 5) is 0. The van der Waals surface area contributed by atoms with Crippen molar-refractivity contribution in [3.63, 3.8) is 0 Å². The Morgan fingerprint density at radius 3 is 1.75 bits per heavy atom. The van der Waals surface area contributed by atoms with E-state index in [0.717, 1.165) is 17.6 Å². The Hall–Kier alpha value is -0.130. The number of rotatable bonds is 13. The SMILES string of the molecule is CCCCCCCCCC[N+](C)(C)CCCS(=O)(=O)O. The fourth-order valence-corrected chi connectivity index (χ4v) is 2.95. The van der Waals surface area contributed by atoms with Gasteiger partial charge >= 0.3 is 0 Å². The molecule has 1 N–H and O–H groups in total. The molecule has 0 aliphatic rings. The second kappa shape index (κ2) is 10.6. The van der Waals surface area contributed by atoms with E-state index in [9.17, 15) is 8.42 Å². The lowest BCUT2D eigenvalue weighted by atomic mass is 10.1. The van der Waals surface area contributed by atoms with Crippen molar-refractivity contribution in [2.45, 2.75) is 64.7 Å². The zero-order valence-electron chi connectivity index (χ0n) is 13.6. The minimum atomic E-state index is -3.80. The topological polar surface area (TPSA) is 54.4 Å². The van der Waals surface area contributed by atoms with Crippen LogP contribution in [0.25, 0.3) is 0 Å². The first kappa shape index (κ1) is 19.9. The highest BCUT2D eigenvalue weighted by molar-refractivity contribution is 7.85. The number of unbranched alkanes of at least 4 members (excludes halogenated alkanes) is 7. The number of hydrogen-bond donors (Lipinski definition) is 1. The van der Waals surface area contributed by atoms with Crippen molar-refractivity contribution in [3.8, 4) is 0 Å². The molecular weight excluding hydrogens is 274 g/mol. The van der Waals surface area contributed by atoms with Gasteiger partial charge in [0.25, 0.3) is 10.1 Å². The van der Waals surface area contributed by atoms with Gasteiger partial charge in [-0.15, -0.1) is 0 Å². The Morgan fingerprint density at radius 1 is 0.800 bits per heavy atom. The molecule has 0 radical (unpaired) electrons. The van der Waals surface area contributed by atoms with Crippen LogP contribution in [-0.2, 0) is 10.1 Å². The van der Waals surface area contributed by atoms with Gasteiger partial charge in [0.15, 0.2) is 0 Å². The van der Waals surface area contributed by atoms with Crippen LogP contribution in [0.2, 0.25) is 0 Å². The highest BCUT2D eigenvalue weighted by Gasteiger charge is 2.15. The van der Waals surface area contributed by atoms with Gasteiger partial charge in [0.1, 0.15) is 0 Å². The van der Waals surface area contributed by atoms with Gasteiger partial charge in [-0.25, -0.2) is 0 Å². The lowest BCUT2D eigenvalue weighted by Crippen LogP contribution is -2.41. The van der Waals surface area contributed by atoms with E-state index in [2.05, 4.69) is 21.0 Å². The van der Waals surface area contributed by atoms with Crippen LogP contribution in [0, 0.1) is 0 Å². The molecule has 5 heteroatoms. The first-order chi connectivity index (χ1) is 9.27. The first-order valence-electron chi connectivity index (χ1n) is 8.04. The first-order valence-corrected chi connectivity index (χ1v) is 9.65. The smallest absolute Gasteiger partial charge is 0.265 e. The quantitative estimate of drug-likeness (QED) is 0.322. The lowest BCUT2D eigenvalue weighted by Gasteiger charge is -2.29. The van der Waals surface area contributed by atoms with Gasteiger partial charge in [0.2, 0.25) is 0 Å². The molecule has 0 rings (SSSR count). The van der Waals surface area contributed by atoms with E-state index in [1.807, 2.05) is 0 Å². The highest BCUT2D eigenvalue weighted by Crippen LogP contribution is 2.10. The van der Waals surface area contributed by atoms with Crippen molar-refractivity contribution in [1.29, 1.82) is 0 Å². The van der Waals surface area contributed by atoms with E-state index < -0.39 is 10.1 Å². The van der Waals surface area contributed by atoms with Gasteiger partial charge in [-0.1, -0.05) is 45.4 Å². The maximum absolute atomic E-state index is 10.7. The monoisotopic (exact) mass is 308 g/mol. The molecule has 0 aromatic heterocycles. The molecule has 0 saturated heterocycles. The van der Waals surface area contributed by atoms with Crippen molar-refractivity contribution >= 4 is 10.1 Å². The van der Waals surface area contributed by atoms with Gasteiger partial charge in [-0.05, 0) is 12.8 Å². The average molecular weight is 309 g/mol. The van der Waals surface area contributed by atoms with E-state index in [0.29, 0.717) is 6.42 Å². The van der Waals surface area contributed by atoms with E-state index in [-0.39, 0.29) is 5.75 Å². The number of nitrogens with zero attached hydrogens (tertiary/aromatic N) is 1. The summed E-state index contributed by atoms with van der Waals surface area (Å²) in [5, 5.41) is 0. The summed E-state index contributed by atoms with van der Waals surface area (Å²) in [6.45, 7) is 4.12. The Bertz CT molecular complexity index is 326. The maximum atomic E-state index is 10.7. The van der Waals surface area contributed by atoms with Crippen LogP contribution in [0.15, 0.2) is 0 Å². The zero-order valence-corrected chi connectivity index (χ0v) is 14.4. The molecule has 0 fully saturated rings. The summed E-state index contributed by atoms with van der Waals surface area (Å²) in [5.74, 6) is -0.119. The van der Waals surface area contributed by atoms with E-state index in [1.165, 1.54) is 51.4 Å². The van der Waals surface area contributed by atoms with Gasteiger partial charge in [-0.2, -0.15) is 8.42 Å². The molecule has 0 unspecified atom stereocenters. The highest BCUT2D eigenvalue weighted by atomic mass is 32.2. The van der Waals surface area contributed by atoms with Crippen molar-refractivity contribution in [1.82, 2.24) is 0 Å². The minimum Gasteiger partial charge on any atom is -0.328 e. The Labute approximate surface area is 125 Å². The van der Waals surface area contributed by atoms with Crippen molar-refractivity contribution in [3.05, 3.63) is 0 Å². The summed E-state index contributed by atoms with van der Waals surface area (Å²) in [5.41, 5.74) is 0. The van der Waals surface area contributed by atoms with Gasteiger partial charge in [0.05, 0.1) is 32.9 Å². The summed E-state index contributed by atoms with van der Waals surface area (Å²) < 4.78 is 30.9.